The van der Waals surface area contributed by atoms with Gasteiger partial charge in [-0.2, -0.15) is 5.11 Å². The van der Waals surface area contributed by atoms with E-state index in [4.69, 9.17) is 0 Å². The fourth-order valence-electron chi connectivity index (χ4n) is 1.60. The van der Waals surface area contributed by atoms with E-state index in [-0.39, 0.29) is 11.6 Å². The van der Waals surface area contributed by atoms with Crippen molar-refractivity contribution in [2.75, 3.05) is 0 Å². The molecule has 19 heavy (non-hydrogen) atoms. The van der Waals surface area contributed by atoms with Crippen molar-refractivity contribution < 1.29 is 9.50 Å². The lowest BCUT2D eigenvalue weighted by Gasteiger charge is -2.06. The molecule has 0 heterocycles. The highest BCUT2D eigenvalue weighted by Crippen LogP contribution is 2.31. The Morgan fingerprint density at radius 2 is 1.68 bits per heavy atom. The molecule has 0 saturated carbocycles. The molecule has 0 aliphatic rings. The van der Waals surface area contributed by atoms with Crippen molar-refractivity contribution in [3.63, 3.8) is 0 Å². The summed E-state index contributed by atoms with van der Waals surface area (Å²) < 4.78 is 12.7. The smallest absolute Gasteiger partial charge is 0.143 e. The highest BCUT2D eigenvalue weighted by Gasteiger charge is 2.04. The van der Waals surface area contributed by atoms with Crippen LogP contribution < -0.4 is 0 Å². The second-order valence-corrected chi connectivity index (χ2v) is 4.58. The Hall–Kier alpha value is -2.23. The lowest BCUT2D eigenvalue weighted by atomic mass is 10.0. The third-order valence-electron chi connectivity index (χ3n) is 2.77. The first-order chi connectivity index (χ1) is 9.06. The predicted octanol–water partition coefficient (Wildman–Crippen LogP) is 5.07. The van der Waals surface area contributed by atoms with E-state index in [0.717, 1.165) is 5.56 Å². The molecule has 0 spiro atoms. The Labute approximate surface area is 111 Å². The minimum atomic E-state index is -0.316. The molecule has 2 aromatic rings. The predicted molar refractivity (Wildman–Crippen MR) is 72.8 cm³/mol. The van der Waals surface area contributed by atoms with Crippen LogP contribution in [0.2, 0.25) is 0 Å². The average Bonchev–Trinajstić information content (AvgIpc) is 2.39. The van der Waals surface area contributed by atoms with Gasteiger partial charge in [0.2, 0.25) is 0 Å². The lowest BCUT2D eigenvalue weighted by Crippen LogP contribution is -1.85. The molecule has 0 bridgehead atoms. The summed E-state index contributed by atoms with van der Waals surface area (Å²) in [6.45, 7) is 4.13. The van der Waals surface area contributed by atoms with Gasteiger partial charge in [-0.15, -0.1) is 5.11 Å². The molecular weight excluding hydrogens is 243 g/mol. The molecule has 4 heteroatoms. The van der Waals surface area contributed by atoms with E-state index in [0.29, 0.717) is 17.3 Å². The van der Waals surface area contributed by atoms with Gasteiger partial charge in [0.25, 0.3) is 0 Å². The van der Waals surface area contributed by atoms with Gasteiger partial charge in [-0.05, 0) is 47.9 Å². The van der Waals surface area contributed by atoms with Gasteiger partial charge in [0.15, 0.2) is 0 Å². The van der Waals surface area contributed by atoms with E-state index in [9.17, 15) is 9.50 Å². The molecule has 0 aliphatic carbocycles. The van der Waals surface area contributed by atoms with E-state index in [1.807, 2.05) is 6.07 Å². The molecule has 0 unspecified atom stereocenters. The number of hydrogen-bond donors (Lipinski definition) is 1. The van der Waals surface area contributed by atoms with E-state index >= 15 is 0 Å². The van der Waals surface area contributed by atoms with E-state index in [2.05, 4.69) is 24.1 Å². The Morgan fingerprint density at radius 3 is 2.32 bits per heavy atom. The number of aromatic hydroxyl groups is 1. The number of hydrogen-bond acceptors (Lipinski definition) is 3. The standard InChI is InChI=1S/C15H15FN2O/c1-10(2)11-3-8-15(19)14(9-11)18-17-13-6-4-12(16)5-7-13/h3-10,19H,1-2H3. The van der Waals surface area contributed by atoms with Crippen LogP contribution >= 0.6 is 0 Å². The van der Waals surface area contributed by atoms with Gasteiger partial charge in [-0.1, -0.05) is 19.9 Å². The largest absolute Gasteiger partial charge is 0.506 e. The van der Waals surface area contributed by atoms with Crippen LogP contribution in [0.4, 0.5) is 15.8 Å². The van der Waals surface area contributed by atoms with Crippen LogP contribution in [0.1, 0.15) is 25.3 Å². The number of benzene rings is 2. The second-order valence-electron chi connectivity index (χ2n) is 4.58. The Kier molecular flexibility index (Phi) is 3.90. The summed E-state index contributed by atoms with van der Waals surface area (Å²) in [4.78, 5) is 0. The number of azo groups is 1. The third-order valence-corrected chi connectivity index (χ3v) is 2.77. The van der Waals surface area contributed by atoms with Crippen molar-refractivity contribution in [3.05, 3.63) is 53.8 Å². The molecular formula is C15H15FN2O. The number of halogens is 1. The van der Waals surface area contributed by atoms with Gasteiger partial charge in [0.05, 0.1) is 5.69 Å². The Morgan fingerprint density at radius 1 is 1.00 bits per heavy atom. The van der Waals surface area contributed by atoms with Gasteiger partial charge >= 0.3 is 0 Å². The molecule has 0 saturated heterocycles. The molecule has 2 rings (SSSR count). The Bertz CT molecular complexity index is 592. The van der Waals surface area contributed by atoms with Crippen LogP contribution in [0.5, 0.6) is 5.75 Å². The maximum atomic E-state index is 12.7. The molecule has 2 aromatic carbocycles. The highest BCUT2D eigenvalue weighted by molar-refractivity contribution is 5.53. The van der Waals surface area contributed by atoms with Gasteiger partial charge < -0.3 is 5.11 Å². The van der Waals surface area contributed by atoms with Gasteiger partial charge in [-0.25, -0.2) is 4.39 Å². The first-order valence-electron chi connectivity index (χ1n) is 6.06. The molecule has 1 N–H and O–H groups in total. The maximum Gasteiger partial charge on any atom is 0.143 e. The zero-order chi connectivity index (χ0) is 13.8. The van der Waals surface area contributed by atoms with Gasteiger partial charge in [0.1, 0.15) is 17.3 Å². The van der Waals surface area contributed by atoms with Crippen LogP contribution in [-0.4, -0.2) is 5.11 Å². The summed E-state index contributed by atoms with van der Waals surface area (Å²) in [7, 11) is 0. The van der Waals surface area contributed by atoms with Crippen LogP contribution in [0.25, 0.3) is 0 Å². The fraction of sp³-hybridized carbons (Fsp3) is 0.200. The molecule has 3 nitrogen and oxygen atoms in total. The number of phenolic OH excluding ortho intramolecular Hbond substituents is 1. The van der Waals surface area contributed by atoms with Crippen LogP contribution in [0.3, 0.4) is 0 Å². The summed E-state index contributed by atoms with van der Waals surface area (Å²) in [5.41, 5.74) is 2.03. The van der Waals surface area contributed by atoms with Crippen molar-refractivity contribution in [1.82, 2.24) is 0 Å². The van der Waals surface area contributed by atoms with Crippen molar-refractivity contribution in [2.24, 2.45) is 10.2 Å². The summed E-state index contributed by atoms with van der Waals surface area (Å²) in [5.74, 6) is 0.110. The minimum absolute atomic E-state index is 0.0789. The summed E-state index contributed by atoms with van der Waals surface area (Å²) in [6, 6.07) is 11.0. The monoisotopic (exact) mass is 258 g/mol. The zero-order valence-electron chi connectivity index (χ0n) is 10.8. The fourth-order valence-corrected chi connectivity index (χ4v) is 1.60. The van der Waals surface area contributed by atoms with E-state index in [1.165, 1.54) is 24.3 Å². The molecule has 0 aliphatic heterocycles. The first-order valence-corrected chi connectivity index (χ1v) is 6.06. The van der Waals surface area contributed by atoms with Crippen molar-refractivity contribution in [3.8, 4) is 5.75 Å². The quantitative estimate of drug-likeness (QED) is 0.767. The average molecular weight is 258 g/mol. The first kappa shape index (κ1) is 13.2. The molecule has 0 aromatic heterocycles. The summed E-state index contributed by atoms with van der Waals surface area (Å²) in [5, 5.41) is 17.7. The van der Waals surface area contributed by atoms with Gasteiger partial charge in [0, 0.05) is 0 Å². The highest BCUT2D eigenvalue weighted by atomic mass is 19.1. The SMILES string of the molecule is CC(C)c1ccc(O)c(N=Nc2ccc(F)cc2)c1. The van der Waals surface area contributed by atoms with Crippen LogP contribution in [0.15, 0.2) is 52.7 Å². The number of nitrogens with zero attached hydrogens (tertiary/aromatic N) is 2. The number of rotatable bonds is 3. The number of phenols is 1. The van der Waals surface area contributed by atoms with Crippen molar-refractivity contribution in [2.45, 2.75) is 19.8 Å². The molecule has 0 fully saturated rings. The Balaban J connectivity index is 2.27. The van der Waals surface area contributed by atoms with Crippen molar-refractivity contribution >= 4 is 11.4 Å². The lowest BCUT2D eigenvalue weighted by molar-refractivity contribution is 0.476. The second kappa shape index (κ2) is 5.61. The summed E-state index contributed by atoms with van der Waals surface area (Å²) >= 11 is 0. The van der Waals surface area contributed by atoms with Crippen LogP contribution in [-0.2, 0) is 0 Å². The molecule has 0 amide bonds. The third kappa shape index (κ3) is 3.37. The topological polar surface area (TPSA) is 45.0 Å². The summed E-state index contributed by atoms with van der Waals surface area (Å²) in [6.07, 6.45) is 0. The normalized spacial score (nSPS) is 11.4. The zero-order valence-corrected chi connectivity index (χ0v) is 10.8. The minimum Gasteiger partial charge on any atom is -0.506 e. The molecule has 98 valence electrons. The molecule has 0 radical (unpaired) electrons. The van der Waals surface area contributed by atoms with Crippen LogP contribution in [0, 0.1) is 5.82 Å². The van der Waals surface area contributed by atoms with Gasteiger partial charge in [-0.3, -0.25) is 0 Å². The molecule has 0 atom stereocenters. The maximum absolute atomic E-state index is 12.7. The van der Waals surface area contributed by atoms with E-state index < -0.39 is 0 Å². The van der Waals surface area contributed by atoms with Crippen molar-refractivity contribution in [1.29, 1.82) is 0 Å². The van der Waals surface area contributed by atoms with E-state index in [1.54, 1.807) is 12.1 Å².